The van der Waals surface area contributed by atoms with Crippen molar-refractivity contribution in [2.45, 2.75) is 25.3 Å². The standard InChI is InChI=1S/C11H15N3O2S3/c1-7-8(2)18-11(13-7)14-19(15,16)10-4-5-17-9(10)6-12-3/h4-5,12H,6H2,1-3H3,(H,13,14). The summed E-state index contributed by atoms with van der Waals surface area (Å²) in [6.07, 6.45) is 0. The Hall–Kier alpha value is -0.960. The molecule has 0 aliphatic heterocycles. The van der Waals surface area contributed by atoms with E-state index >= 15 is 0 Å². The second-order valence-electron chi connectivity index (χ2n) is 4.00. The zero-order chi connectivity index (χ0) is 14.0. The number of hydrogen-bond donors (Lipinski definition) is 2. The molecule has 0 radical (unpaired) electrons. The van der Waals surface area contributed by atoms with Crippen LogP contribution in [0, 0.1) is 13.8 Å². The molecule has 0 aliphatic carbocycles. The summed E-state index contributed by atoms with van der Waals surface area (Å²) in [5, 5.41) is 5.16. The molecule has 0 amide bonds. The van der Waals surface area contributed by atoms with Crippen molar-refractivity contribution >= 4 is 37.8 Å². The van der Waals surface area contributed by atoms with Crippen molar-refractivity contribution in [1.82, 2.24) is 10.3 Å². The molecular formula is C11H15N3O2S3. The summed E-state index contributed by atoms with van der Waals surface area (Å²) < 4.78 is 27.2. The molecule has 0 aliphatic rings. The topological polar surface area (TPSA) is 71.1 Å². The van der Waals surface area contributed by atoms with Crippen LogP contribution >= 0.6 is 22.7 Å². The largest absolute Gasteiger partial charge is 0.315 e. The molecule has 0 saturated heterocycles. The van der Waals surface area contributed by atoms with Crippen molar-refractivity contribution in [2.24, 2.45) is 0 Å². The lowest BCUT2D eigenvalue weighted by Crippen LogP contribution is -2.15. The lowest BCUT2D eigenvalue weighted by atomic mass is 10.4. The number of aryl methyl sites for hydroxylation is 2. The minimum atomic E-state index is -3.56. The molecule has 2 rings (SSSR count). The third-order valence-electron chi connectivity index (χ3n) is 2.58. The lowest BCUT2D eigenvalue weighted by Gasteiger charge is -2.06. The number of nitrogens with zero attached hydrogens (tertiary/aromatic N) is 1. The van der Waals surface area contributed by atoms with Crippen molar-refractivity contribution in [3.63, 3.8) is 0 Å². The summed E-state index contributed by atoms with van der Waals surface area (Å²) in [6.45, 7) is 4.31. The molecule has 8 heteroatoms. The Labute approximate surface area is 120 Å². The highest BCUT2D eigenvalue weighted by atomic mass is 32.2. The molecule has 2 N–H and O–H groups in total. The average Bonchev–Trinajstić information content (AvgIpc) is 2.87. The summed E-state index contributed by atoms with van der Waals surface area (Å²) in [7, 11) is -1.77. The molecule has 0 spiro atoms. The molecule has 5 nitrogen and oxygen atoms in total. The van der Waals surface area contributed by atoms with Gasteiger partial charge >= 0.3 is 0 Å². The van der Waals surface area contributed by atoms with E-state index in [1.165, 1.54) is 22.7 Å². The van der Waals surface area contributed by atoms with Gasteiger partial charge in [-0.25, -0.2) is 13.4 Å². The number of rotatable bonds is 5. The van der Waals surface area contributed by atoms with Crippen molar-refractivity contribution in [1.29, 1.82) is 0 Å². The summed E-state index contributed by atoms with van der Waals surface area (Å²) in [6, 6.07) is 1.62. The third kappa shape index (κ3) is 3.14. The lowest BCUT2D eigenvalue weighted by molar-refractivity contribution is 0.600. The quantitative estimate of drug-likeness (QED) is 0.888. The maximum Gasteiger partial charge on any atom is 0.264 e. The summed E-state index contributed by atoms with van der Waals surface area (Å²) in [5.41, 5.74) is 0.850. The highest BCUT2D eigenvalue weighted by Crippen LogP contribution is 2.27. The molecule has 0 bridgehead atoms. The number of thiophene rings is 1. The highest BCUT2D eigenvalue weighted by molar-refractivity contribution is 7.93. The first-order valence-corrected chi connectivity index (χ1v) is 8.80. The first-order valence-electron chi connectivity index (χ1n) is 5.62. The van der Waals surface area contributed by atoms with Crippen LogP contribution in [-0.2, 0) is 16.6 Å². The first kappa shape index (κ1) is 14.4. The Balaban J connectivity index is 2.29. The molecule has 0 aromatic carbocycles. The Morgan fingerprint density at radius 3 is 2.68 bits per heavy atom. The van der Waals surface area contributed by atoms with Crippen LogP contribution in [0.3, 0.4) is 0 Å². The maximum atomic E-state index is 12.3. The third-order valence-corrected chi connectivity index (χ3v) is 6.17. The zero-order valence-electron chi connectivity index (χ0n) is 10.9. The summed E-state index contributed by atoms with van der Waals surface area (Å²) in [4.78, 5) is 6.32. The molecule has 0 saturated carbocycles. The summed E-state index contributed by atoms with van der Waals surface area (Å²) in [5.74, 6) is 0. The summed E-state index contributed by atoms with van der Waals surface area (Å²) >= 11 is 2.77. The number of sulfonamides is 1. The molecule has 0 atom stereocenters. The van der Waals surface area contributed by atoms with Crippen LogP contribution in [0.25, 0.3) is 0 Å². The van der Waals surface area contributed by atoms with E-state index in [0.29, 0.717) is 16.6 Å². The van der Waals surface area contributed by atoms with Crippen LogP contribution in [0.2, 0.25) is 0 Å². The number of thiazole rings is 1. The van der Waals surface area contributed by atoms with Gasteiger partial charge in [0.15, 0.2) is 5.13 Å². The fourth-order valence-electron chi connectivity index (χ4n) is 1.54. The van der Waals surface area contributed by atoms with Gasteiger partial charge in [0.25, 0.3) is 10.0 Å². The second kappa shape index (κ2) is 5.58. The van der Waals surface area contributed by atoms with Crippen molar-refractivity contribution in [3.8, 4) is 0 Å². The van der Waals surface area contributed by atoms with E-state index in [1.54, 1.807) is 18.5 Å². The van der Waals surface area contributed by atoms with Crippen LogP contribution in [0.5, 0.6) is 0 Å². The Bertz CT molecular complexity index is 654. The Morgan fingerprint density at radius 2 is 2.11 bits per heavy atom. The Morgan fingerprint density at radius 1 is 1.37 bits per heavy atom. The van der Waals surface area contributed by atoms with Crippen LogP contribution in [0.4, 0.5) is 5.13 Å². The highest BCUT2D eigenvalue weighted by Gasteiger charge is 2.21. The number of aromatic nitrogens is 1. The van der Waals surface area contributed by atoms with Crippen LogP contribution in [0.15, 0.2) is 16.3 Å². The molecule has 19 heavy (non-hydrogen) atoms. The van der Waals surface area contributed by atoms with Crippen molar-refractivity contribution in [2.75, 3.05) is 11.8 Å². The minimum absolute atomic E-state index is 0.317. The van der Waals surface area contributed by atoms with Gasteiger partial charge in [0.05, 0.1) is 5.69 Å². The van der Waals surface area contributed by atoms with Crippen LogP contribution < -0.4 is 10.0 Å². The van der Waals surface area contributed by atoms with E-state index in [9.17, 15) is 8.42 Å². The van der Waals surface area contributed by atoms with E-state index in [4.69, 9.17) is 0 Å². The molecule has 2 aromatic rings. The van der Waals surface area contributed by atoms with E-state index in [-0.39, 0.29) is 0 Å². The van der Waals surface area contributed by atoms with Crippen molar-refractivity contribution in [3.05, 3.63) is 26.9 Å². The Kier molecular flexibility index (Phi) is 4.24. The van der Waals surface area contributed by atoms with E-state index in [2.05, 4.69) is 15.0 Å². The smallest absolute Gasteiger partial charge is 0.264 e. The number of anilines is 1. The predicted molar refractivity (Wildman–Crippen MR) is 79.5 cm³/mol. The molecule has 0 unspecified atom stereocenters. The molecule has 0 fully saturated rings. The first-order chi connectivity index (χ1) is 8.94. The van der Waals surface area contributed by atoms with Gasteiger partial charge in [0.1, 0.15) is 4.90 Å². The van der Waals surface area contributed by atoms with Gasteiger partial charge in [-0.05, 0) is 32.3 Å². The normalized spacial score (nSPS) is 11.7. The van der Waals surface area contributed by atoms with Gasteiger partial charge in [-0.2, -0.15) is 0 Å². The maximum absolute atomic E-state index is 12.3. The number of hydrogen-bond acceptors (Lipinski definition) is 6. The molecule has 2 heterocycles. The van der Waals surface area contributed by atoms with Gasteiger partial charge in [0.2, 0.25) is 0 Å². The second-order valence-corrected chi connectivity index (χ2v) is 7.86. The van der Waals surface area contributed by atoms with Gasteiger partial charge in [-0.15, -0.1) is 22.7 Å². The fourth-order valence-corrected chi connectivity index (χ4v) is 5.05. The average molecular weight is 317 g/mol. The van der Waals surface area contributed by atoms with Gasteiger partial charge in [-0.1, -0.05) is 0 Å². The van der Waals surface area contributed by atoms with Crippen LogP contribution in [0.1, 0.15) is 15.4 Å². The van der Waals surface area contributed by atoms with E-state index in [0.717, 1.165) is 15.4 Å². The molecular weight excluding hydrogens is 302 g/mol. The molecule has 2 aromatic heterocycles. The van der Waals surface area contributed by atoms with Crippen LogP contribution in [-0.4, -0.2) is 20.4 Å². The SMILES string of the molecule is CNCc1sccc1S(=O)(=O)Nc1nc(C)c(C)s1. The van der Waals surface area contributed by atoms with Gasteiger partial charge in [0, 0.05) is 16.3 Å². The van der Waals surface area contributed by atoms with E-state index in [1.807, 2.05) is 13.8 Å². The number of nitrogens with one attached hydrogen (secondary N) is 2. The fraction of sp³-hybridized carbons (Fsp3) is 0.364. The van der Waals surface area contributed by atoms with Crippen molar-refractivity contribution < 1.29 is 8.42 Å². The van der Waals surface area contributed by atoms with E-state index < -0.39 is 10.0 Å². The van der Waals surface area contributed by atoms with Gasteiger partial charge < -0.3 is 5.32 Å². The minimum Gasteiger partial charge on any atom is -0.315 e. The van der Waals surface area contributed by atoms with Gasteiger partial charge in [-0.3, -0.25) is 4.72 Å². The monoisotopic (exact) mass is 317 g/mol. The zero-order valence-corrected chi connectivity index (χ0v) is 13.3. The molecule has 104 valence electrons. The predicted octanol–water partition coefficient (Wildman–Crippen LogP) is 2.34.